The van der Waals surface area contributed by atoms with Gasteiger partial charge < -0.3 is 18.9 Å². The van der Waals surface area contributed by atoms with Gasteiger partial charge >= 0.3 is 11.7 Å². The van der Waals surface area contributed by atoms with E-state index >= 15 is 0 Å². The first-order valence-electron chi connectivity index (χ1n) is 7.09. The Morgan fingerprint density at radius 3 is 2.30 bits per heavy atom. The molecule has 0 aromatic heterocycles. The van der Waals surface area contributed by atoms with E-state index in [1.54, 1.807) is 0 Å². The first-order valence-corrected chi connectivity index (χ1v) is 7.09. The van der Waals surface area contributed by atoms with Crippen molar-refractivity contribution >= 4 is 11.7 Å². The number of esters is 1. The third kappa shape index (κ3) is 3.30. The summed E-state index contributed by atoms with van der Waals surface area (Å²) in [7, 11) is 3.95. The lowest BCUT2D eigenvalue weighted by Gasteiger charge is -2.14. The highest BCUT2D eigenvalue weighted by Crippen LogP contribution is 2.46. The molecule has 1 saturated carbocycles. The van der Waals surface area contributed by atoms with Gasteiger partial charge in [-0.25, -0.2) is 4.79 Å². The van der Waals surface area contributed by atoms with Crippen LogP contribution in [-0.4, -0.2) is 38.8 Å². The molecule has 0 N–H and O–H groups in total. The summed E-state index contributed by atoms with van der Waals surface area (Å²) in [6, 6.07) is 1.23. The molecular formula is C15H19NO7. The summed E-state index contributed by atoms with van der Waals surface area (Å²) in [6.07, 6.45) is 0.991. The van der Waals surface area contributed by atoms with Crippen molar-refractivity contribution in [2.75, 3.05) is 27.9 Å². The van der Waals surface area contributed by atoms with E-state index in [1.165, 1.54) is 27.4 Å². The number of benzene rings is 1. The van der Waals surface area contributed by atoms with E-state index in [-0.39, 0.29) is 29.4 Å². The molecule has 0 spiro atoms. The molecule has 0 bridgehead atoms. The van der Waals surface area contributed by atoms with Crippen LogP contribution in [0.4, 0.5) is 5.69 Å². The first kappa shape index (κ1) is 16.9. The van der Waals surface area contributed by atoms with Crippen LogP contribution in [0, 0.1) is 22.0 Å². The fourth-order valence-electron chi connectivity index (χ4n) is 2.37. The normalized spacial score (nSPS) is 19.0. The average molecular weight is 325 g/mol. The van der Waals surface area contributed by atoms with Crippen LogP contribution in [0.1, 0.15) is 23.7 Å². The van der Waals surface area contributed by atoms with Crippen molar-refractivity contribution in [3.05, 3.63) is 21.7 Å². The molecule has 0 amide bonds. The minimum atomic E-state index is -0.782. The number of hydrogen-bond donors (Lipinski definition) is 0. The van der Waals surface area contributed by atoms with Gasteiger partial charge in [-0.05, 0) is 18.3 Å². The molecule has 0 aliphatic heterocycles. The largest absolute Gasteiger partial charge is 0.493 e. The number of carbonyl (C=O) groups is 1. The quantitative estimate of drug-likeness (QED) is 0.431. The highest BCUT2D eigenvalue weighted by molar-refractivity contribution is 5.97. The summed E-state index contributed by atoms with van der Waals surface area (Å²) >= 11 is 0. The summed E-state index contributed by atoms with van der Waals surface area (Å²) in [5.74, 6) is 0.0761. The summed E-state index contributed by atoms with van der Waals surface area (Å²) in [5, 5.41) is 11.4. The maximum Gasteiger partial charge on any atom is 0.345 e. The molecule has 0 heterocycles. The highest BCUT2D eigenvalue weighted by Gasteiger charge is 2.36. The van der Waals surface area contributed by atoms with E-state index in [0.29, 0.717) is 11.8 Å². The van der Waals surface area contributed by atoms with Gasteiger partial charge in [0, 0.05) is 6.07 Å². The second-order valence-electron chi connectivity index (χ2n) is 5.37. The Balaban J connectivity index is 2.43. The van der Waals surface area contributed by atoms with Crippen LogP contribution in [0.25, 0.3) is 0 Å². The van der Waals surface area contributed by atoms with Crippen molar-refractivity contribution in [3.63, 3.8) is 0 Å². The van der Waals surface area contributed by atoms with Gasteiger partial charge in [0.25, 0.3) is 0 Å². The van der Waals surface area contributed by atoms with Gasteiger partial charge in [-0.1, -0.05) is 6.92 Å². The van der Waals surface area contributed by atoms with Gasteiger partial charge in [0.2, 0.25) is 11.5 Å². The molecule has 1 aliphatic carbocycles. The van der Waals surface area contributed by atoms with E-state index in [1.807, 2.05) is 0 Å². The number of nitro groups is 1. The standard InChI is InChI=1S/C15H19NO7/c1-8-5-9(8)7-23-15(17)10-6-11(20-2)13(21-3)14(22-4)12(10)16(18)19/h6,8-9H,5,7H2,1-4H3/t8-,9+/m0/s1. The molecule has 2 atom stereocenters. The zero-order valence-corrected chi connectivity index (χ0v) is 13.5. The Labute approximate surface area is 133 Å². The Kier molecular flexibility index (Phi) is 4.92. The number of ether oxygens (including phenoxy) is 4. The molecule has 1 aliphatic rings. The smallest absolute Gasteiger partial charge is 0.345 e. The predicted octanol–water partition coefficient (Wildman–Crippen LogP) is 2.43. The second-order valence-corrected chi connectivity index (χ2v) is 5.37. The molecular weight excluding hydrogens is 306 g/mol. The Morgan fingerprint density at radius 2 is 1.87 bits per heavy atom. The lowest BCUT2D eigenvalue weighted by molar-refractivity contribution is -0.386. The Morgan fingerprint density at radius 1 is 1.26 bits per heavy atom. The van der Waals surface area contributed by atoms with Crippen molar-refractivity contribution < 1.29 is 28.7 Å². The van der Waals surface area contributed by atoms with E-state index < -0.39 is 16.6 Å². The fourth-order valence-corrected chi connectivity index (χ4v) is 2.37. The molecule has 2 rings (SSSR count). The molecule has 8 heteroatoms. The summed E-state index contributed by atoms with van der Waals surface area (Å²) in [6.45, 7) is 2.30. The van der Waals surface area contributed by atoms with Crippen molar-refractivity contribution in [1.29, 1.82) is 0 Å². The van der Waals surface area contributed by atoms with E-state index in [4.69, 9.17) is 18.9 Å². The van der Waals surface area contributed by atoms with E-state index in [0.717, 1.165) is 6.42 Å². The van der Waals surface area contributed by atoms with E-state index in [2.05, 4.69) is 6.92 Å². The van der Waals surface area contributed by atoms with Gasteiger partial charge in [0.1, 0.15) is 5.56 Å². The van der Waals surface area contributed by atoms with Crippen LogP contribution >= 0.6 is 0 Å². The molecule has 8 nitrogen and oxygen atoms in total. The minimum absolute atomic E-state index is 0.0501. The Hall–Kier alpha value is -2.51. The topological polar surface area (TPSA) is 97.1 Å². The molecule has 0 radical (unpaired) electrons. The summed E-state index contributed by atoms with van der Waals surface area (Å²) in [5.41, 5.74) is -0.725. The monoisotopic (exact) mass is 325 g/mol. The zero-order valence-electron chi connectivity index (χ0n) is 13.5. The van der Waals surface area contributed by atoms with Gasteiger partial charge in [-0.3, -0.25) is 10.1 Å². The number of hydrogen-bond acceptors (Lipinski definition) is 7. The summed E-state index contributed by atoms with van der Waals surface area (Å²) < 4.78 is 20.5. The molecule has 1 fully saturated rings. The number of carbonyl (C=O) groups excluding carboxylic acids is 1. The zero-order chi connectivity index (χ0) is 17.1. The van der Waals surface area contributed by atoms with Crippen LogP contribution in [-0.2, 0) is 4.74 Å². The third-order valence-corrected chi connectivity index (χ3v) is 3.91. The highest BCUT2D eigenvalue weighted by atomic mass is 16.6. The first-order chi connectivity index (χ1) is 10.9. The molecule has 0 unspecified atom stereocenters. The van der Waals surface area contributed by atoms with Crippen LogP contribution in [0.3, 0.4) is 0 Å². The maximum absolute atomic E-state index is 12.3. The molecule has 1 aromatic rings. The van der Waals surface area contributed by atoms with Gasteiger partial charge in [-0.2, -0.15) is 0 Å². The lowest BCUT2D eigenvalue weighted by Crippen LogP contribution is -2.12. The van der Waals surface area contributed by atoms with Crippen molar-refractivity contribution in [2.24, 2.45) is 11.8 Å². The minimum Gasteiger partial charge on any atom is -0.493 e. The molecule has 1 aromatic carbocycles. The van der Waals surface area contributed by atoms with Crippen LogP contribution < -0.4 is 14.2 Å². The number of nitrogens with zero attached hydrogens (tertiary/aromatic N) is 1. The molecule has 0 saturated heterocycles. The second kappa shape index (κ2) is 6.72. The van der Waals surface area contributed by atoms with Crippen LogP contribution in [0.5, 0.6) is 17.2 Å². The van der Waals surface area contributed by atoms with Gasteiger partial charge in [0.05, 0.1) is 32.9 Å². The van der Waals surface area contributed by atoms with Crippen molar-refractivity contribution in [2.45, 2.75) is 13.3 Å². The summed E-state index contributed by atoms with van der Waals surface area (Å²) in [4.78, 5) is 23.0. The number of nitro benzene ring substituents is 1. The predicted molar refractivity (Wildman–Crippen MR) is 80.3 cm³/mol. The van der Waals surface area contributed by atoms with Crippen molar-refractivity contribution in [3.8, 4) is 17.2 Å². The van der Waals surface area contributed by atoms with E-state index in [9.17, 15) is 14.9 Å². The fraction of sp³-hybridized carbons (Fsp3) is 0.533. The van der Waals surface area contributed by atoms with Gasteiger partial charge in [-0.15, -0.1) is 0 Å². The Bertz CT molecular complexity index is 629. The third-order valence-electron chi connectivity index (χ3n) is 3.91. The lowest BCUT2D eigenvalue weighted by atomic mass is 10.1. The maximum atomic E-state index is 12.3. The molecule has 126 valence electrons. The number of rotatable bonds is 7. The number of methoxy groups -OCH3 is 3. The van der Waals surface area contributed by atoms with Crippen LogP contribution in [0.15, 0.2) is 6.07 Å². The SMILES string of the molecule is COc1cc(C(=O)OC[C@H]2C[C@@H]2C)c([N+](=O)[O-])c(OC)c1OC. The van der Waals surface area contributed by atoms with Crippen molar-refractivity contribution in [1.82, 2.24) is 0 Å². The van der Waals surface area contributed by atoms with Gasteiger partial charge in [0.15, 0.2) is 5.75 Å². The molecule has 23 heavy (non-hydrogen) atoms. The van der Waals surface area contributed by atoms with Crippen LogP contribution in [0.2, 0.25) is 0 Å². The average Bonchev–Trinajstić information content (AvgIpc) is 3.25.